The van der Waals surface area contributed by atoms with E-state index in [4.69, 9.17) is 5.73 Å². The lowest BCUT2D eigenvalue weighted by Gasteiger charge is -1.95. The van der Waals surface area contributed by atoms with Gasteiger partial charge in [0.1, 0.15) is 0 Å². The molecule has 1 aromatic heterocycles. The summed E-state index contributed by atoms with van der Waals surface area (Å²) in [6.45, 7) is 0. The average molecular weight is 301 g/mol. The molecular weight excluding hydrogens is 287 g/mol. The second-order valence-electron chi connectivity index (χ2n) is 3.80. The summed E-state index contributed by atoms with van der Waals surface area (Å²) in [4.78, 5) is 14.4. The molecule has 3 aromatic rings. The molecule has 0 aliphatic carbocycles. The van der Waals surface area contributed by atoms with E-state index in [2.05, 4.69) is 4.98 Å². The predicted molar refractivity (Wildman–Crippen MR) is 82.4 cm³/mol. The van der Waals surface area contributed by atoms with Gasteiger partial charge in [-0.1, -0.05) is 18.2 Å². The Morgan fingerprint density at radius 2 is 1.58 bits per heavy atom. The minimum Gasteiger partial charge on any atom is -0.412 e. The van der Waals surface area contributed by atoms with Gasteiger partial charge in [0.15, 0.2) is 0 Å². The minimum absolute atomic E-state index is 0. The molecule has 0 saturated carbocycles. The third kappa shape index (κ3) is 2.81. The summed E-state index contributed by atoms with van der Waals surface area (Å²) in [7, 11) is 0. The standard InChI is InChI=1S/C13H10N2O.2ClH.H2O/c14-13(16)8-5-6-12-10(7-8)9-3-1-2-4-11(9)15-12;;;/h1-7,15H,(H2,14,16);2*1H;1H2. The lowest BCUT2D eigenvalue weighted by molar-refractivity contribution is 0.100. The van der Waals surface area contributed by atoms with Gasteiger partial charge in [-0.25, -0.2) is 0 Å². The molecule has 0 aliphatic heterocycles. The molecule has 3 rings (SSSR count). The number of halogens is 2. The summed E-state index contributed by atoms with van der Waals surface area (Å²) in [5.41, 5.74) is 7.90. The van der Waals surface area contributed by atoms with Crippen LogP contribution in [-0.2, 0) is 0 Å². The van der Waals surface area contributed by atoms with Crippen LogP contribution in [-0.4, -0.2) is 16.4 Å². The number of H-pyrrole nitrogens is 1. The minimum atomic E-state index is -0.396. The normalized spacial score (nSPS) is 9.26. The number of carbonyl (C=O) groups excluding carboxylic acids is 1. The summed E-state index contributed by atoms with van der Waals surface area (Å²) in [5.74, 6) is -0.396. The SMILES string of the molecule is Cl.Cl.NC(=O)c1ccc2[nH]c3ccccc3c2c1.O. The van der Waals surface area contributed by atoms with Gasteiger partial charge >= 0.3 is 0 Å². The number of aromatic nitrogens is 1. The van der Waals surface area contributed by atoms with E-state index in [9.17, 15) is 4.79 Å². The van der Waals surface area contributed by atoms with Crippen molar-refractivity contribution in [3.05, 3.63) is 48.0 Å². The van der Waals surface area contributed by atoms with Gasteiger partial charge in [0, 0.05) is 27.4 Å². The molecule has 0 unspecified atom stereocenters. The quantitative estimate of drug-likeness (QED) is 0.710. The van der Waals surface area contributed by atoms with Gasteiger partial charge in [-0.3, -0.25) is 4.79 Å². The molecule has 0 aliphatic rings. The topological polar surface area (TPSA) is 90.4 Å². The second kappa shape index (κ2) is 6.43. The highest BCUT2D eigenvalue weighted by Gasteiger charge is 2.06. The van der Waals surface area contributed by atoms with Gasteiger partial charge in [-0.05, 0) is 24.3 Å². The summed E-state index contributed by atoms with van der Waals surface area (Å²) in [5, 5.41) is 2.15. The molecule has 0 fully saturated rings. The van der Waals surface area contributed by atoms with E-state index in [-0.39, 0.29) is 30.3 Å². The molecule has 2 aromatic carbocycles. The highest BCUT2D eigenvalue weighted by molar-refractivity contribution is 6.09. The molecular formula is C13H14Cl2N2O2. The number of carbonyl (C=O) groups is 1. The van der Waals surface area contributed by atoms with Crippen molar-refractivity contribution in [2.24, 2.45) is 5.73 Å². The van der Waals surface area contributed by atoms with Gasteiger partial charge in [0.25, 0.3) is 0 Å². The third-order valence-electron chi connectivity index (χ3n) is 2.79. The van der Waals surface area contributed by atoms with Crippen LogP contribution in [0.4, 0.5) is 0 Å². The Balaban J connectivity index is 0.00000108. The maximum absolute atomic E-state index is 11.1. The molecule has 0 spiro atoms. The van der Waals surface area contributed by atoms with Gasteiger partial charge in [0.05, 0.1) is 0 Å². The molecule has 1 heterocycles. The largest absolute Gasteiger partial charge is 0.412 e. The van der Waals surface area contributed by atoms with Crippen LogP contribution in [0.15, 0.2) is 42.5 Å². The first-order valence-electron chi connectivity index (χ1n) is 5.06. The zero-order valence-corrected chi connectivity index (χ0v) is 11.5. The number of rotatable bonds is 1. The number of hydrogen-bond donors (Lipinski definition) is 2. The van der Waals surface area contributed by atoms with E-state index in [0.717, 1.165) is 21.8 Å². The highest BCUT2D eigenvalue weighted by Crippen LogP contribution is 2.25. The summed E-state index contributed by atoms with van der Waals surface area (Å²) in [6.07, 6.45) is 0. The monoisotopic (exact) mass is 300 g/mol. The van der Waals surface area contributed by atoms with Crippen molar-refractivity contribution >= 4 is 52.5 Å². The Morgan fingerprint density at radius 3 is 2.26 bits per heavy atom. The average Bonchev–Trinajstić information content (AvgIpc) is 2.66. The van der Waals surface area contributed by atoms with E-state index in [1.165, 1.54) is 0 Å². The van der Waals surface area contributed by atoms with E-state index in [0.29, 0.717) is 5.56 Å². The van der Waals surface area contributed by atoms with Crippen molar-refractivity contribution in [2.75, 3.05) is 0 Å². The van der Waals surface area contributed by atoms with E-state index in [1.807, 2.05) is 36.4 Å². The number of benzene rings is 2. The molecule has 0 saturated heterocycles. The molecule has 0 radical (unpaired) electrons. The Morgan fingerprint density at radius 1 is 0.947 bits per heavy atom. The maximum atomic E-state index is 11.1. The fourth-order valence-corrected chi connectivity index (χ4v) is 2.00. The summed E-state index contributed by atoms with van der Waals surface area (Å²) >= 11 is 0. The highest BCUT2D eigenvalue weighted by atomic mass is 35.5. The molecule has 0 bridgehead atoms. The zero-order chi connectivity index (χ0) is 11.1. The number of primary amides is 1. The molecule has 0 atom stereocenters. The molecule has 1 amide bonds. The number of para-hydroxylation sites is 1. The second-order valence-corrected chi connectivity index (χ2v) is 3.80. The van der Waals surface area contributed by atoms with Gasteiger partial charge in [-0.2, -0.15) is 0 Å². The zero-order valence-electron chi connectivity index (χ0n) is 9.84. The van der Waals surface area contributed by atoms with Crippen LogP contribution in [0.5, 0.6) is 0 Å². The summed E-state index contributed by atoms with van der Waals surface area (Å²) in [6, 6.07) is 13.4. The predicted octanol–water partition coefficient (Wildman–Crippen LogP) is 2.44. The first kappa shape index (κ1) is 17.2. The van der Waals surface area contributed by atoms with Crippen LogP contribution in [0.3, 0.4) is 0 Å². The van der Waals surface area contributed by atoms with E-state index < -0.39 is 5.91 Å². The molecule has 19 heavy (non-hydrogen) atoms. The molecule has 6 heteroatoms. The first-order valence-corrected chi connectivity index (χ1v) is 5.06. The van der Waals surface area contributed by atoms with E-state index >= 15 is 0 Å². The Kier molecular flexibility index (Phi) is 5.83. The van der Waals surface area contributed by atoms with Crippen LogP contribution in [0.1, 0.15) is 10.4 Å². The van der Waals surface area contributed by atoms with Crippen LogP contribution in [0, 0.1) is 0 Å². The van der Waals surface area contributed by atoms with Crippen molar-refractivity contribution in [3.63, 3.8) is 0 Å². The van der Waals surface area contributed by atoms with Crippen molar-refractivity contribution in [1.82, 2.24) is 4.98 Å². The Labute approximate surface area is 122 Å². The van der Waals surface area contributed by atoms with Gasteiger partial charge < -0.3 is 16.2 Å². The van der Waals surface area contributed by atoms with Gasteiger partial charge in [-0.15, -0.1) is 24.8 Å². The Bertz CT molecular complexity index is 710. The number of nitrogens with two attached hydrogens (primary N) is 1. The van der Waals surface area contributed by atoms with E-state index in [1.54, 1.807) is 6.07 Å². The number of hydrogen-bond acceptors (Lipinski definition) is 1. The van der Waals surface area contributed by atoms with Crippen molar-refractivity contribution in [3.8, 4) is 0 Å². The lowest BCUT2D eigenvalue weighted by Crippen LogP contribution is -2.10. The van der Waals surface area contributed by atoms with Crippen LogP contribution < -0.4 is 5.73 Å². The van der Waals surface area contributed by atoms with Crippen molar-refractivity contribution < 1.29 is 10.3 Å². The van der Waals surface area contributed by atoms with Crippen LogP contribution >= 0.6 is 24.8 Å². The first-order chi connectivity index (χ1) is 7.75. The van der Waals surface area contributed by atoms with Gasteiger partial charge in [0.2, 0.25) is 5.91 Å². The van der Waals surface area contributed by atoms with Crippen LogP contribution in [0.2, 0.25) is 0 Å². The van der Waals surface area contributed by atoms with Crippen LogP contribution in [0.25, 0.3) is 21.8 Å². The number of aromatic amines is 1. The Hall–Kier alpha value is -1.75. The molecule has 4 nitrogen and oxygen atoms in total. The number of amides is 1. The maximum Gasteiger partial charge on any atom is 0.248 e. The summed E-state index contributed by atoms with van der Waals surface area (Å²) < 4.78 is 0. The fraction of sp³-hybridized carbons (Fsp3) is 0. The fourth-order valence-electron chi connectivity index (χ4n) is 2.00. The smallest absolute Gasteiger partial charge is 0.248 e. The number of fused-ring (bicyclic) bond motifs is 3. The van der Waals surface area contributed by atoms with Crippen molar-refractivity contribution in [2.45, 2.75) is 0 Å². The molecule has 5 N–H and O–H groups in total. The lowest BCUT2D eigenvalue weighted by atomic mass is 10.1. The van der Waals surface area contributed by atoms with Crippen molar-refractivity contribution in [1.29, 1.82) is 0 Å². The number of nitrogens with one attached hydrogen (secondary N) is 1. The molecule has 102 valence electrons. The third-order valence-corrected chi connectivity index (χ3v) is 2.79.